The predicted octanol–water partition coefficient (Wildman–Crippen LogP) is 11.7. The summed E-state index contributed by atoms with van der Waals surface area (Å²) in [7, 11) is 0. The van der Waals surface area contributed by atoms with Crippen LogP contribution in [-0.4, -0.2) is 0 Å². The first-order valence-corrected chi connectivity index (χ1v) is 16.5. The van der Waals surface area contributed by atoms with Gasteiger partial charge in [0.05, 0.1) is 5.41 Å². The van der Waals surface area contributed by atoms with Gasteiger partial charge < -0.3 is 4.90 Å². The third kappa shape index (κ3) is 3.72. The maximum atomic E-state index is 2.57. The maximum absolute atomic E-state index is 2.57. The molecule has 5 aliphatic carbocycles. The van der Waals surface area contributed by atoms with E-state index < -0.39 is 0 Å². The van der Waals surface area contributed by atoms with Crippen molar-refractivity contribution >= 4 is 22.6 Å². The highest BCUT2D eigenvalue weighted by atomic mass is 15.1. The van der Waals surface area contributed by atoms with Crippen molar-refractivity contribution in [2.45, 2.75) is 56.8 Å². The molecule has 0 saturated heterocycles. The molecule has 1 unspecified atom stereocenters. The van der Waals surface area contributed by atoms with Gasteiger partial charge in [-0.3, -0.25) is 0 Å². The van der Waals surface area contributed by atoms with Gasteiger partial charge in [-0.2, -0.15) is 0 Å². The van der Waals surface area contributed by atoms with E-state index in [1.807, 2.05) is 0 Å². The lowest BCUT2D eigenvalue weighted by Gasteiger charge is -2.38. The molecule has 4 aromatic carbocycles. The second-order valence-corrected chi connectivity index (χ2v) is 12.9. The van der Waals surface area contributed by atoms with E-state index in [0.29, 0.717) is 0 Å². The molecule has 9 rings (SSSR count). The van der Waals surface area contributed by atoms with E-state index in [1.165, 1.54) is 83.4 Å². The van der Waals surface area contributed by atoms with E-state index in [0.717, 1.165) is 12.8 Å². The van der Waals surface area contributed by atoms with Crippen LogP contribution in [0.25, 0.3) is 16.7 Å². The van der Waals surface area contributed by atoms with E-state index in [1.54, 1.807) is 27.9 Å². The zero-order chi connectivity index (χ0) is 29.1. The fraction of sp³-hybridized carbons (Fsp3) is 0.209. The fourth-order valence-electron chi connectivity index (χ4n) is 8.94. The monoisotopic (exact) mass is 567 g/mol. The summed E-state index contributed by atoms with van der Waals surface area (Å²) in [5.74, 6) is 0. The number of allylic oxidation sites excluding steroid dienone is 10. The van der Waals surface area contributed by atoms with Crippen molar-refractivity contribution in [3.8, 4) is 11.1 Å². The average molecular weight is 568 g/mol. The van der Waals surface area contributed by atoms with Gasteiger partial charge in [0.2, 0.25) is 0 Å². The Kier molecular flexibility index (Phi) is 6.01. The smallest absolute Gasteiger partial charge is 0.0645 e. The normalized spacial score (nSPS) is 21.5. The fourth-order valence-corrected chi connectivity index (χ4v) is 8.94. The molecule has 0 amide bonds. The molecule has 0 aliphatic heterocycles. The lowest BCUT2D eigenvalue weighted by atomic mass is 9.64. The molecule has 0 fully saturated rings. The van der Waals surface area contributed by atoms with Crippen molar-refractivity contribution in [2.24, 2.45) is 0 Å². The summed E-state index contributed by atoms with van der Waals surface area (Å²) in [4.78, 5) is 2.45. The summed E-state index contributed by atoms with van der Waals surface area (Å²) >= 11 is 0. The molecule has 1 nitrogen and oxygen atoms in total. The van der Waals surface area contributed by atoms with Crippen LogP contribution in [0, 0.1) is 0 Å². The van der Waals surface area contributed by atoms with Crippen molar-refractivity contribution in [3.63, 3.8) is 0 Å². The molecule has 5 aliphatic rings. The second-order valence-electron chi connectivity index (χ2n) is 12.9. The van der Waals surface area contributed by atoms with Crippen molar-refractivity contribution in [1.29, 1.82) is 0 Å². The Bertz CT molecular complexity index is 1930. The Morgan fingerprint density at radius 1 is 0.523 bits per heavy atom. The van der Waals surface area contributed by atoms with Crippen molar-refractivity contribution in [2.75, 3.05) is 4.90 Å². The van der Waals surface area contributed by atoms with E-state index in [4.69, 9.17) is 0 Å². The standard InChI is InChI=1S/C43H37N/c1-3-13-30(14-4-1)31-23-25-33(26-24-31)44(32-15-5-2-6-16-32)34-27-28-38-37-19-9-12-22-41(37)43(42(38)29-34)39-20-10-7-17-35(39)36-18-8-11-21-40(36)43/h1-6,9-10,13-16,19-20,23-29H,7-8,11-12,17-18,21-22H2. The molecule has 0 radical (unpaired) electrons. The van der Waals surface area contributed by atoms with Gasteiger partial charge in [-0.15, -0.1) is 0 Å². The minimum Gasteiger partial charge on any atom is -0.310 e. The van der Waals surface area contributed by atoms with Gasteiger partial charge in [0, 0.05) is 17.1 Å². The summed E-state index contributed by atoms with van der Waals surface area (Å²) < 4.78 is 0. The van der Waals surface area contributed by atoms with Crippen molar-refractivity contribution in [1.82, 2.24) is 0 Å². The van der Waals surface area contributed by atoms with Gasteiger partial charge in [0.25, 0.3) is 0 Å². The summed E-state index contributed by atoms with van der Waals surface area (Å²) in [5, 5.41) is 0. The van der Waals surface area contributed by atoms with Gasteiger partial charge in [-0.1, -0.05) is 91.0 Å². The molecular formula is C43H37N. The number of nitrogens with zero attached hydrogens (tertiary/aromatic N) is 1. The Balaban J connectivity index is 1.25. The van der Waals surface area contributed by atoms with Gasteiger partial charge in [0.15, 0.2) is 0 Å². The number of fused-ring (bicyclic) bond motifs is 7. The lowest BCUT2D eigenvalue weighted by molar-refractivity contribution is 0.595. The molecule has 0 saturated carbocycles. The average Bonchev–Trinajstić information content (AvgIpc) is 3.57. The van der Waals surface area contributed by atoms with E-state index in [2.05, 4.69) is 132 Å². The van der Waals surface area contributed by atoms with Crippen LogP contribution in [0.1, 0.15) is 62.5 Å². The number of rotatable bonds is 4. The molecule has 1 heteroatoms. The molecule has 214 valence electrons. The highest BCUT2D eigenvalue weighted by Gasteiger charge is 2.54. The van der Waals surface area contributed by atoms with E-state index >= 15 is 0 Å². The highest BCUT2D eigenvalue weighted by Crippen LogP contribution is 2.66. The molecule has 1 spiro atoms. The van der Waals surface area contributed by atoms with Crippen LogP contribution < -0.4 is 4.90 Å². The Hall–Kier alpha value is -4.62. The molecular weight excluding hydrogens is 530 g/mol. The maximum Gasteiger partial charge on any atom is 0.0645 e. The Morgan fingerprint density at radius 2 is 1.20 bits per heavy atom. The topological polar surface area (TPSA) is 3.24 Å². The van der Waals surface area contributed by atoms with Crippen molar-refractivity contribution < 1.29 is 0 Å². The Labute approximate surface area is 261 Å². The minimum absolute atomic E-state index is 0.0903. The van der Waals surface area contributed by atoms with Gasteiger partial charge >= 0.3 is 0 Å². The summed E-state index contributed by atoms with van der Waals surface area (Å²) in [6, 6.07) is 38.0. The molecule has 1 atom stereocenters. The van der Waals surface area contributed by atoms with Crippen LogP contribution in [0.2, 0.25) is 0 Å². The number of hydrogen-bond donors (Lipinski definition) is 0. The van der Waals surface area contributed by atoms with Crippen LogP contribution >= 0.6 is 0 Å². The summed E-state index contributed by atoms with van der Waals surface area (Å²) in [6.07, 6.45) is 19.6. The number of para-hydroxylation sites is 1. The highest BCUT2D eigenvalue weighted by molar-refractivity contribution is 5.94. The third-order valence-electron chi connectivity index (χ3n) is 10.7. The van der Waals surface area contributed by atoms with Crippen LogP contribution in [-0.2, 0) is 5.41 Å². The summed E-state index contributed by atoms with van der Waals surface area (Å²) in [5.41, 5.74) is 18.8. The molecule has 4 aromatic rings. The van der Waals surface area contributed by atoms with Crippen LogP contribution in [0.3, 0.4) is 0 Å². The van der Waals surface area contributed by atoms with Crippen molar-refractivity contribution in [3.05, 3.63) is 166 Å². The van der Waals surface area contributed by atoms with Crippen LogP contribution in [0.5, 0.6) is 0 Å². The quantitative estimate of drug-likeness (QED) is 0.237. The molecule has 0 N–H and O–H groups in total. The Morgan fingerprint density at radius 3 is 2.05 bits per heavy atom. The second kappa shape index (κ2) is 10.2. The van der Waals surface area contributed by atoms with E-state index in [-0.39, 0.29) is 5.41 Å². The SMILES string of the molecule is C1=CC2=C(CC1)C1=C(CCCC1)C21C2=C(C=CCC2)c2ccc(N(c3ccccc3)c3ccc(-c4ccccc4)cc3)cc21. The first-order valence-electron chi connectivity index (χ1n) is 16.5. The zero-order valence-corrected chi connectivity index (χ0v) is 25.2. The van der Waals surface area contributed by atoms with Gasteiger partial charge in [0.1, 0.15) is 0 Å². The largest absolute Gasteiger partial charge is 0.310 e. The van der Waals surface area contributed by atoms with Gasteiger partial charge in [-0.05, 0) is 143 Å². The molecule has 44 heavy (non-hydrogen) atoms. The minimum atomic E-state index is -0.0903. The molecule has 0 heterocycles. The van der Waals surface area contributed by atoms with Crippen LogP contribution in [0.4, 0.5) is 17.1 Å². The summed E-state index contributed by atoms with van der Waals surface area (Å²) in [6.45, 7) is 0. The first kappa shape index (κ1) is 25.8. The zero-order valence-electron chi connectivity index (χ0n) is 25.2. The third-order valence-corrected chi connectivity index (χ3v) is 10.7. The number of hydrogen-bond acceptors (Lipinski definition) is 1. The lowest BCUT2D eigenvalue weighted by Crippen LogP contribution is -2.31. The van der Waals surface area contributed by atoms with Crippen LogP contribution in [0.15, 0.2) is 155 Å². The number of anilines is 3. The number of benzene rings is 4. The first-order chi connectivity index (χ1) is 21.8. The predicted molar refractivity (Wildman–Crippen MR) is 184 cm³/mol. The van der Waals surface area contributed by atoms with Gasteiger partial charge in [-0.25, -0.2) is 0 Å². The molecule has 0 bridgehead atoms. The van der Waals surface area contributed by atoms with E-state index in [9.17, 15) is 0 Å². The molecule has 0 aromatic heterocycles.